The maximum Gasteiger partial charge on any atom is 0.256 e. The molecule has 4 nitrogen and oxygen atoms in total. The molecular weight excluding hydrogens is 302 g/mol. The molecule has 1 aromatic carbocycles. The fourth-order valence-electron chi connectivity index (χ4n) is 2.96. The van der Waals surface area contributed by atoms with E-state index in [0.29, 0.717) is 29.6 Å². The Balaban J connectivity index is 1.86. The van der Waals surface area contributed by atoms with Crippen LogP contribution in [0.15, 0.2) is 24.3 Å². The Labute approximate surface area is 137 Å². The third kappa shape index (κ3) is 4.45. The van der Waals surface area contributed by atoms with Gasteiger partial charge in [0.25, 0.3) is 5.91 Å². The highest BCUT2D eigenvalue weighted by atomic mass is 35.5. The SMILES string of the molecule is COCCCC1CCN(C(=O)C(O)c2ccccc2Cl)CC1. The minimum absolute atomic E-state index is 0.247. The van der Waals surface area contributed by atoms with E-state index in [1.54, 1.807) is 36.3 Å². The number of hydrogen-bond acceptors (Lipinski definition) is 3. The van der Waals surface area contributed by atoms with E-state index in [2.05, 4.69) is 0 Å². The molecule has 1 unspecified atom stereocenters. The van der Waals surface area contributed by atoms with Gasteiger partial charge in [0.05, 0.1) is 0 Å². The zero-order chi connectivity index (χ0) is 15.9. The lowest BCUT2D eigenvalue weighted by Gasteiger charge is -2.33. The van der Waals surface area contributed by atoms with E-state index >= 15 is 0 Å². The fraction of sp³-hybridized carbons (Fsp3) is 0.588. The van der Waals surface area contributed by atoms with E-state index in [0.717, 1.165) is 32.3 Å². The van der Waals surface area contributed by atoms with Crippen molar-refractivity contribution < 1.29 is 14.6 Å². The van der Waals surface area contributed by atoms with Crippen LogP contribution >= 0.6 is 11.6 Å². The second-order valence-electron chi connectivity index (χ2n) is 5.83. The number of piperidine rings is 1. The van der Waals surface area contributed by atoms with Crippen LogP contribution in [0.5, 0.6) is 0 Å². The number of likely N-dealkylation sites (tertiary alicyclic amines) is 1. The Morgan fingerprint density at radius 3 is 2.73 bits per heavy atom. The van der Waals surface area contributed by atoms with Crippen molar-refractivity contribution in [2.24, 2.45) is 5.92 Å². The molecule has 1 heterocycles. The van der Waals surface area contributed by atoms with Crippen molar-refractivity contribution in [3.63, 3.8) is 0 Å². The summed E-state index contributed by atoms with van der Waals surface area (Å²) in [6.45, 7) is 2.21. The Morgan fingerprint density at radius 1 is 1.41 bits per heavy atom. The quantitative estimate of drug-likeness (QED) is 0.818. The van der Waals surface area contributed by atoms with Gasteiger partial charge >= 0.3 is 0 Å². The van der Waals surface area contributed by atoms with Gasteiger partial charge in [0.1, 0.15) is 0 Å². The Morgan fingerprint density at radius 2 is 2.09 bits per heavy atom. The number of carbonyl (C=O) groups is 1. The summed E-state index contributed by atoms with van der Waals surface area (Å²) in [4.78, 5) is 14.2. The van der Waals surface area contributed by atoms with Crippen LogP contribution in [0.25, 0.3) is 0 Å². The van der Waals surface area contributed by atoms with Crippen LogP contribution in [0.1, 0.15) is 37.4 Å². The third-order valence-electron chi connectivity index (χ3n) is 4.32. The van der Waals surface area contributed by atoms with E-state index in [-0.39, 0.29) is 5.91 Å². The van der Waals surface area contributed by atoms with Crippen molar-refractivity contribution >= 4 is 17.5 Å². The molecular formula is C17H24ClNO3. The number of hydrogen-bond donors (Lipinski definition) is 1. The first-order valence-corrected chi connectivity index (χ1v) is 8.21. The van der Waals surface area contributed by atoms with Gasteiger partial charge in [-0.3, -0.25) is 4.79 Å². The van der Waals surface area contributed by atoms with E-state index < -0.39 is 6.10 Å². The maximum atomic E-state index is 12.4. The summed E-state index contributed by atoms with van der Waals surface area (Å²) in [6.07, 6.45) is 3.02. The van der Waals surface area contributed by atoms with Crippen LogP contribution in [0, 0.1) is 5.92 Å². The molecule has 0 saturated carbocycles. The molecule has 0 aromatic heterocycles. The van der Waals surface area contributed by atoms with Gasteiger partial charge in [-0.25, -0.2) is 0 Å². The average Bonchev–Trinajstić information content (AvgIpc) is 2.55. The number of methoxy groups -OCH3 is 1. The largest absolute Gasteiger partial charge is 0.385 e. The molecule has 2 rings (SSSR count). The second kappa shape index (κ2) is 8.51. The molecule has 0 bridgehead atoms. The molecule has 22 heavy (non-hydrogen) atoms. The van der Waals surface area contributed by atoms with Crippen LogP contribution in [0.2, 0.25) is 5.02 Å². The molecule has 5 heteroatoms. The molecule has 1 amide bonds. The number of rotatable bonds is 6. The first-order chi connectivity index (χ1) is 10.6. The van der Waals surface area contributed by atoms with Crippen molar-refractivity contribution in [1.29, 1.82) is 0 Å². The molecule has 0 spiro atoms. The molecule has 0 radical (unpaired) electrons. The Hall–Kier alpha value is -1.10. The summed E-state index contributed by atoms with van der Waals surface area (Å²) in [6, 6.07) is 6.95. The highest BCUT2D eigenvalue weighted by Gasteiger charge is 2.28. The van der Waals surface area contributed by atoms with Crippen LogP contribution in [-0.2, 0) is 9.53 Å². The van der Waals surface area contributed by atoms with Crippen molar-refractivity contribution in [2.75, 3.05) is 26.8 Å². The molecule has 1 N–H and O–H groups in total. The number of ether oxygens (including phenoxy) is 1. The van der Waals surface area contributed by atoms with Crippen molar-refractivity contribution in [3.05, 3.63) is 34.9 Å². The zero-order valence-corrected chi connectivity index (χ0v) is 13.8. The van der Waals surface area contributed by atoms with Gasteiger partial charge in [0.2, 0.25) is 0 Å². The highest BCUT2D eigenvalue weighted by Crippen LogP contribution is 2.27. The molecule has 0 aliphatic carbocycles. The summed E-state index contributed by atoms with van der Waals surface area (Å²) in [5.74, 6) is 0.403. The molecule has 1 aliphatic rings. The number of nitrogens with zero attached hydrogens (tertiary/aromatic N) is 1. The van der Waals surface area contributed by atoms with E-state index in [4.69, 9.17) is 16.3 Å². The molecule has 1 fully saturated rings. The summed E-state index contributed by atoms with van der Waals surface area (Å²) < 4.78 is 5.07. The lowest BCUT2D eigenvalue weighted by Crippen LogP contribution is -2.41. The van der Waals surface area contributed by atoms with Gasteiger partial charge in [-0.15, -0.1) is 0 Å². The number of aliphatic hydroxyl groups excluding tert-OH is 1. The number of aliphatic hydroxyl groups is 1. The van der Waals surface area contributed by atoms with Crippen LogP contribution in [0.4, 0.5) is 0 Å². The van der Waals surface area contributed by atoms with Gasteiger partial charge in [-0.1, -0.05) is 29.8 Å². The summed E-state index contributed by atoms with van der Waals surface area (Å²) in [5, 5.41) is 10.7. The highest BCUT2D eigenvalue weighted by molar-refractivity contribution is 6.31. The van der Waals surface area contributed by atoms with Gasteiger partial charge in [0, 0.05) is 37.4 Å². The Kier molecular flexibility index (Phi) is 6.68. The standard InChI is InChI=1S/C17H24ClNO3/c1-22-12-4-5-13-8-10-19(11-9-13)17(21)16(20)14-6-2-3-7-15(14)18/h2-3,6-7,13,16,20H,4-5,8-12H2,1H3. The predicted octanol–water partition coefficient (Wildman–Crippen LogP) is 3.04. The number of halogens is 1. The average molecular weight is 326 g/mol. The zero-order valence-electron chi connectivity index (χ0n) is 13.0. The molecule has 1 aliphatic heterocycles. The lowest BCUT2D eigenvalue weighted by molar-refractivity contribution is -0.142. The third-order valence-corrected chi connectivity index (χ3v) is 4.66. The van der Waals surface area contributed by atoms with E-state index in [9.17, 15) is 9.90 Å². The van der Waals surface area contributed by atoms with Crippen molar-refractivity contribution in [3.8, 4) is 0 Å². The van der Waals surface area contributed by atoms with Crippen molar-refractivity contribution in [1.82, 2.24) is 4.90 Å². The van der Waals surface area contributed by atoms with Crippen LogP contribution < -0.4 is 0 Å². The minimum atomic E-state index is -1.17. The van der Waals surface area contributed by atoms with Crippen LogP contribution in [0.3, 0.4) is 0 Å². The van der Waals surface area contributed by atoms with Crippen molar-refractivity contribution in [2.45, 2.75) is 31.8 Å². The summed E-state index contributed by atoms with van der Waals surface area (Å²) >= 11 is 6.05. The second-order valence-corrected chi connectivity index (χ2v) is 6.23. The summed E-state index contributed by atoms with van der Waals surface area (Å²) in [5.41, 5.74) is 0.483. The molecule has 122 valence electrons. The Bertz CT molecular complexity index is 487. The van der Waals surface area contributed by atoms with Gasteiger partial charge in [-0.2, -0.15) is 0 Å². The fourth-order valence-corrected chi connectivity index (χ4v) is 3.20. The normalized spacial score (nSPS) is 17.5. The maximum absolute atomic E-state index is 12.4. The minimum Gasteiger partial charge on any atom is -0.385 e. The van der Waals surface area contributed by atoms with Gasteiger partial charge in [-0.05, 0) is 37.7 Å². The first kappa shape index (κ1) is 17.3. The summed E-state index contributed by atoms with van der Waals surface area (Å²) in [7, 11) is 1.72. The molecule has 1 saturated heterocycles. The molecule has 1 atom stereocenters. The monoisotopic (exact) mass is 325 g/mol. The van der Waals surface area contributed by atoms with E-state index in [1.807, 2.05) is 0 Å². The smallest absolute Gasteiger partial charge is 0.256 e. The van der Waals surface area contributed by atoms with Gasteiger partial charge in [0.15, 0.2) is 6.10 Å². The number of carbonyl (C=O) groups excluding carboxylic acids is 1. The predicted molar refractivity (Wildman–Crippen MR) is 86.8 cm³/mol. The lowest BCUT2D eigenvalue weighted by atomic mass is 9.92. The first-order valence-electron chi connectivity index (χ1n) is 7.83. The topological polar surface area (TPSA) is 49.8 Å². The van der Waals surface area contributed by atoms with Gasteiger partial charge < -0.3 is 14.7 Å². The van der Waals surface area contributed by atoms with E-state index in [1.165, 1.54) is 0 Å². The van der Waals surface area contributed by atoms with Crippen LogP contribution in [-0.4, -0.2) is 42.7 Å². The molecule has 1 aromatic rings. The number of amides is 1. The number of benzene rings is 1.